The standard InChI is InChI=1S/C14H20ClNO3/c1-14(2,3)10-6-9(4-5-11(10)15)7-16-12(8-17)13(18)19/h4-6,12,16-17H,7-8H2,1-3H3,(H,18,19)/t12-/m1/s1. The third kappa shape index (κ3) is 4.49. The van der Waals surface area contributed by atoms with E-state index in [9.17, 15) is 4.79 Å². The number of halogens is 1. The molecule has 0 saturated carbocycles. The molecule has 4 nitrogen and oxygen atoms in total. The fourth-order valence-electron chi connectivity index (χ4n) is 1.73. The van der Waals surface area contributed by atoms with Crippen molar-refractivity contribution in [2.24, 2.45) is 0 Å². The van der Waals surface area contributed by atoms with E-state index in [1.807, 2.05) is 18.2 Å². The molecule has 0 amide bonds. The number of aliphatic carboxylic acids is 1. The Morgan fingerprint density at radius 2 is 2.05 bits per heavy atom. The molecule has 1 atom stereocenters. The minimum atomic E-state index is -1.06. The number of hydrogen-bond donors (Lipinski definition) is 3. The largest absolute Gasteiger partial charge is 0.480 e. The summed E-state index contributed by atoms with van der Waals surface area (Å²) in [7, 11) is 0. The van der Waals surface area contributed by atoms with E-state index in [1.54, 1.807) is 0 Å². The number of hydrogen-bond acceptors (Lipinski definition) is 3. The second-order valence-corrected chi connectivity index (χ2v) is 5.93. The molecule has 1 aromatic rings. The Bertz CT molecular complexity index is 454. The highest BCUT2D eigenvalue weighted by molar-refractivity contribution is 6.31. The van der Waals surface area contributed by atoms with Gasteiger partial charge in [0.1, 0.15) is 6.04 Å². The molecule has 0 aromatic heterocycles. The summed E-state index contributed by atoms with van der Waals surface area (Å²) in [4.78, 5) is 10.8. The molecule has 3 N–H and O–H groups in total. The summed E-state index contributed by atoms with van der Waals surface area (Å²) < 4.78 is 0. The second-order valence-electron chi connectivity index (χ2n) is 5.52. The van der Waals surface area contributed by atoms with Crippen molar-refractivity contribution in [3.8, 4) is 0 Å². The van der Waals surface area contributed by atoms with Crippen LogP contribution in [-0.2, 0) is 16.8 Å². The highest BCUT2D eigenvalue weighted by atomic mass is 35.5. The van der Waals surface area contributed by atoms with E-state index in [4.69, 9.17) is 21.8 Å². The number of carbonyl (C=O) groups is 1. The average Bonchev–Trinajstić information content (AvgIpc) is 2.30. The summed E-state index contributed by atoms with van der Waals surface area (Å²) in [5.41, 5.74) is 1.88. The molecule has 1 rings (SSSR count). The van der Waals surface area contributed by atoms with E-state index in [1.165, 1.54) is 0 Å². The molecule has 0 bridgehead atoms. The summed E-state index contributed by atoms with van der Waals surface area (Å²) in [5.74, 6) is -1.06. The third-order valence-electron chi connectivity index (χ3n) is 2.87. The first kappa shape index (κ1) is 16.0. The number of aliphatic hydroxyl groups is 1. The summed E-state index contributed by atoms with van der Waals surface area (Å²) in [6, 6.07) is 4.68. The lowest BCUT2D eigenvalue weighted by molar-refractivity contribution is -0.140. The molecule has 5 heteroatoms. The van der Waals surface area contributed by atoms with Crippen LogP contribution in [0.15, 0.2) is 18.2 Å². The van der Waals surface area contributed by atoms with Crippen LogP contribution in [0.4, 0.5) is 0 Å². The zero-order chi connectivity index (χ0) is 14.6. The summed E-state index contributed by atoms with van der Waals surface area (Å²) in [6.07, 6.45) is 0. The van der Waals surface area contributed by atoms with Gasteiger partial charge in [0.05, 0.1) is 6.61 Å². The zero-order valence-electron chi connectivity index (χ0n) is 11.4. The topological polar surface area (TPSA) is 69.6 Å². The minimum absolute atomic E-state index is 0.0731. The van der Waals surface area contributed by atoms with Crippen LogP contribution in [0.1, 0.15) is 31.9 Å². The van der Waals surface area contributed by atoms with Crippen LogP contribution in [-0.4, -0.2) is 28.8 Å². The van der Waals surface area contributed by atoms with E-state index in [-0.39, 0.29) is 5.41 Å². The van der Waals surface area contributed by atoms with Gasteiger partial charge in [-0.2, -0.15) is 0 Å². The molecule has 1 aromatic carbocycles. The molecule has 106 valence electrons. The fourth-order valence-corrected chi connectivity index (χ4v) is 2.13. The maximum atomic E-state index is 10.8. The van der Waals surface area contributed by atoms with Crippen LogP contribution in [0.3, 0.4) is 0 Å². The van der Waals surface area contributed by atoms with Crippen LogP contribution < -0.4 is 5.32 Å². The van der Waals surface area contributed by atoms with Gasteiger partial charge < -0.3 is 10.2 Å². The molecule has 19 heavy (non-hydrogen) atoms. The van der Waals surface area contributed by atoms with Crippen molar-refractivity contribution in [1.82, 2.24) is 5.32 Å². The lowest BCUT2D eigenvalue weighted by atomic mass is 9.86. The van der Waals surface area contributed by atoms with Crippen molar-refractivity contribution in [3.63, 3.8) is 0 Å². The fraction of sp³-hybridized carbons (Fsp3) is 0.500. The Hall–Kier alpha value is -1.10. The van der Waals surface area contributed by atoms with Crippen molar-refractivity contribution < 1.29 is 15.0 Å². The number of nitrogens with one attached hydrogen (secondary N) is 1. The third-order valence-corrected chi connectivity index (χ3v) is 3.20. The molecule has 0 heterocycles. The minimum Gasteiger partial charge on any atom is -0.480 e. The van der Waals surface area contributed by atoms with Crippen LogP contribution in [0.25, 0.3) is 0 Å². The zero-order valence-corrected chi connectivity index (χ0v) is 12.2. The monoisotopic (exact) mass is 285 g/mol. The predicted octanol–water partition coefficient (Wildman–Crippen LogP) is 2.17. The number of rotatable bonds is 5. The highest BCUT2D eigenvalue weighted by Gasteiger charge is 2.19. The maximum Gasteiger partial charge on any atom is 0.323 e. The first-order valence-corrected chi connectivity index (χ1v) is 6.49. The molecular formula is C14H20ClNO3. The van der Waals surface area contributed by atoms with Crippen LogP contribution >= 0.6 is 11.6 Å². The summed E-state index contributed by atoms with van der Waals surface area (Å²) in [6.45, 7) is 6.14. The normalized spacial score (nSPS) is 13.3. The van der Waals surface area contributed by atoms with E-state index < -0.39 is 18.6 Å². The lowest BCUT2D eigenvalue weighted by Crippen LogP contribution is -2.39. The van der Waals surface area contributed by atoms with Crippen LogP contribution in [0.2, 0.25) is 5.02 Å². The maximum absolute atomic E-state index is 10.8. The van der Waals surface area contributed by atoms with E-state index >= 15 is 0 Å². The number of carboxylic acids is 1. The van der Waals surface area contributed by atoms with Gasteiger partial charge >= 0.3 is 5.97 Å². The number of carboxylic acid groups (broad SMARTS) is 1. The van der Waals surface area contributed by atoms with Gasteiger partial charge in [0.25, 0.3) is 0 Å². The second kappa shape index (κ2) is 6.37. The summed E-state index contributed by atoms with van der Waals surface area (Å²) in [5, 5.41) is 21.3. The highest BCUT2D eigenvalue weighted by Crippen LogP contribution is 2.30. The quantitative estimate of drug-likeness (QED) is 0.775. The molecule has 0 aliphatic rings. The Morgan fingerprint density at radius 3 is 2.53 bits per heavy atom. The SMILES string of the molecule is CC(C)(C)c1cc(CN[C@H](CO)C(=O)O)ccc1Cl. The van der Waals surface area contributed by atoms with E-state index in [0.29, 0.717) is 11.6 Å². The van der Waals surface area contributed by atoms with Crippen molar-refractivity contribution in [3.05, 3.63) is 34.3 Å². The van der Waals surface area contributed by atoms with Gasteiger partial charge in [-0.05, 0) is 22.6 Å². The smallest absolute Gasteiger partial charge is 0.323 e. The molecule has 0 spiro atoms. The van der Waals surface area contributed by atoms with Gasteiger partial charge in [-0.25, -0.2) is 0 Å². The molecule has 0 aliphatic heterocycles. The van der Waals surface area contributed by atoms with Crippen molar-refractivity contribution in [2.75, 3.05) is 6.61 Å². The van der Waals surface area contributed by atoms with Gasteiger partial charge in [0.2, 0.25) is 0 Å². The van der Waals surface area contributed by atoms with Crippen molar-refractivity contribution in [1.29, 1.82) is 0 Å². The van der Waals surface area contributed by atoms with Gasteiger partial charge in [-0.15, -0.1) is 0 Å². The Balaban J connectivity index is 2.83. The summed E-state index contributed by atoms with van der Waals surface area (Å²) >= 11 is 6.17. The Labute approximate surface area is 118 Å². The Morgan fingerprint density at radius 1 is 1.42 bits per heavy atom. The first-order valence-electron chi connectivity index (χ1n) is 6.11. The van der Waals surface area contributed by atoms with Gasteiger partial charge in [-0.3, -0.25) is 10.1 Å². The molecule has 0 saturated heterocycles. The van der Waals surface area contributed by atoms with E-state index in [2.05, 4.69) is 26.1 Å². The van der Waals surface area contributed by atoms with Gasteiger partial charge in [0, 0.05) is 11.6 Å². The van der Waals surface area contributed by atoms with E-state index in [0.717, 1.165) is 11.1 Å². The lowest BCUT2D eigenvalue weighted by Gasteiger charge is -2.22. The van der Waals surface area contributed by atoms with Crippen LogP contribution in [0.5, 0.6) is 0 Å². The van der Waals surface area contributed by atoms with Crippen molar-refractivity contribution in [2.45, 2.75) is 38.8 Å². The average molecular weight is 286 g/mol. The molecule has 0 fully saturated rings. The molecule has 0 radical (unpaired) electrons. The van der Waals surface area contributed by atoms with Crippen molar-refractivity contribution >= 4 is 17.6 Å². The first-order chi connectivity index (χ1) is 8.75. The van der Waals surface area contributed by atoms with Crippen LogP contribution in [0, 0.1) is 0 Å². The number of aliphatic hydroxyl groups excluding tert-OH is 1. The number of benzene rings is 1. The molecular weight excluding hydrogens is 266 g/mol. The van der Waals surface area contributed by atoms with Gasteiger partial charge in [0.15, 0.2) is 0 Å². The molecule has 0 unspecified atom stereocenters. The predicted molar refractivity (Wildman–Crippen MR) is 75.5 cm³/mol. The molecule has 0 aliphatic carbocycles. The Kier molecular flexibility index (Phi) is 5.35. The van der Waals surface area contributed by atoms with Gasteiger partial charge in [-0.1, -0.05) is 44.5 Å².